The van der Waals surface area contributed by atoms with E-state index in [1.54, 1.807) is 17.0 Å². The van der Waals surface area contributed by atoms with Gasteiger partial charge in [0.05, 0.1) is 23.0 Å². The number of amides is 4. The molecule has 14 heteroatoms. The first-order chi connectivity index (χ1) is 20.2. The average molecular weight is 598 g/mol. The standard InChI is InChI=1S/C28H31N5O8S/c1-3-30(4-2)21-9-8-19(23(16-21)41-18-25(34)29-20-6-5-7-22(15-20)33(38)39)14-24-27(36)32(28(37)42-24)17-26(35)31-10-12-40-13-11-31/h5-9,14-16H,3-4,10-13,17-18H2,1-2H3,(H,29,34)/b24-14+. The van der Waals surface area contributed by atoms with Gasteiger partial charge in [0.1, 0.15) is 12.3 Å². The van der Waals surface area contributed by atoms with Gasteiger partial charge in [-0.3, -0.25) is 34.2 Å². The molecular weight excluding hydrogens is 566 g/mol. The molecule has 0 saturated carbocycles. The molecule has 0 atom stereocenters. The normalized spacial score (nSPS) is 16.1. The lowest BCUT2D eigenvalue weighted by atomic mass is 10.1. The number of rotatable bonds is 11. The van der Waals surface area contributed by atoms with E-state index in [0.717, 1.165) is 35.4 Å². The number of nitrogens with zero attached hydrogens (tertiary/aromatic N) is 4. The van der Waals surface area contributed by atoms with Crippen LogP contribution in [0, 0.1) is 10.1 Å². The third-order valence-electron chi connectivity index (χ3n) is 6.64. The summed E-state index contributed by atoms with van der Waals surface area (Å²) in [5.41, 5.74) is 1.37. The molecule has 222 valence electrons. The number of morpholine rings is 1. The Labute approximate surface area is 246 Å². The van der Waals surface area contributed by atoms with Crippen LogP contribution in [0.2, 0.25) is 0 Å². The Hall–Kier alpha value is -4.43. The predicted molar refractivity (Wildman–Crippen MR) is 157 cm³/mol. The summed E-state index contributed by atoms with van der Waals surface area (Å²) in [5, 5.41) is 13.1. The predicted octanol–water partition coefficient (Wildman–Crippen LogP) is 3.35. The maximum absolute atomic E-state index is 13.1. The molecule has 2 heterocycles. The van der Waals surface area contributed by atoms with Crippen LogP contribution in [0.4, 0.5) is 21.9 Å². The van der Waals surface area contributed by atoms with Crippen molar-refractivity contribution in [1.29, 1.82) is 0 Å². The lowest BCUT2D eigenvalue weighted by Crippen LogP contribution is -2.46. The number of thioether (sulfide) groups is 1. The number of nitro groups is 1. The number of benzene rings is 2. The number of hydrogen-bond acceptors (Lipinski definition) is 10. The highest BCUT2D eigenvalue weighted by molar-refractivity contribution is 8.18. The van der Waals surface area contributed by atoms with E-state index in [9.17, 15) is 29.3 Å². The first-order valence-corrected chi connectivity index (χ1v) is 14.2. The van der Waals surface area contributed by atoms with Crippen LogP contribution in [0.25, 0.3) is 6.08 Å². The van der Waals surface area contributed by atoms with Gasteiger partial charge in [-0.15, -0.1) is 0 Å². The van der Waals surface area contributed by atoms with E-state index in [-0.39, 0.29) is 28.7 Å². The number of ether oxygens (including phenoxy) is 2. The van der Waals surface area contributed by atoms with Crippen molar-refractivity contribution in [2.75, 3.05) is 62.8 Å². The van der Waals surface area contributed by atoms with E-state index in [4.69, 9.17) is 9.47 Å². The van der Waals surface area contributed by atoms with Gasteiger partial charge >= 0.3 is 0 Å². The molecule has 4 rings (SSSR count). The maximum atomic E-state index is 13.1. The monoisotopic (exact) mass is 597 g/mol. The second kappa shape index (κ2) is 14.0. The minimum absolute atomic E-state index is 0.122. The Morgan fingerprint density at radius 2 is 1.88 bits per heavy atom. The molecule has 2 fully saturated rings. The Kier molecular flexibility index (Phi) is 10.1. The third-order valence-corrected chi connectivity index (χ3v) is 7.55. The number of nitrogens with one attached hydrogen (secondary N) is 1. The van der Waals surface area contributed by atoms with Crippen molar-refractivity contribution < 1.29 is 33.6 Å². The number of carbonyl (C=O) groups is 4. The zero-order valence-corrected chi connectivity index (χ0v) is 24.1. The molecule has 2 saturated heterocycles. The van der Waals surface area contributed by atoms with E-state index in [2.05, 4.69) is 10.2 Å². The van der Waals surface area contributed by atoms with Crippen LogP contribution in [0.3, 0.4) is 0 Å². The number of non-ortho nitro benzene ring substituents is 1. The van der Waals surface area contributed by atoms with Crippen LogP contribution < -0.4 is 15.0 Å². The molecule has 0 aromatic heterocycles. The summed E-state index contributed by atoms with van der Waals surface area (Å²) < 4.78 is 11.1. The smallest absolute Gasteiger partial charge is 0.294 e. The molecule has 0 radical (unpaired) electrons. The van der Waals surface area contributed by atoms with Gasteiger partial charge in [-0.1, -0.05) is 6.07 Å². The number of carbonyl (C=O) groups excluding carboxylic acids is 4. The minimum Gasteiger partial charge on any atom is -0.483 e. The van der Waals surface area contributed by atoms with Gasteiger partial charge in [-0.2, -0.15) is 0 Å². The number of anilines is 2. The topological polar surface area (TPSA) is 152 Å². The second-order valence-corrected chi connectivity index (χ2v) is 10.3. The van der Waals surface area contributed by atoms with Crippen LogP contribution in [-0.2, 0) is 19.1 Å². The largest absolute Gasteiger partial charge is 0.483 e. The van der Waals surface area contributed by atoms with Crippen molar-refractivity contribution in [3.05, 3.63) is 63.0 Å². The molecule has 13 nitrogen and oxygen atoms in total. The van der Waals surface area contributed by atoms with Crippen molar-refractivity contribution in [2.24, 2.45) is 0 Å². The summed E-state index contributed by atoms with van der Waals surface area (Å²) in [7, 11) is 0. The number of hydrogen-bond donors (Lipinski definition) is 1. The molecule has 2 aliphatic heterocycles. The third kappa shape index (κ3) is 7.44. The van der Waals surface area contributed by atoms with Gasteiger partial charge in [-0.05, 0) is 49.9 Å². The quantitative estimate of drug-likeness (QED) is 0.232. The highest BCUT2D eigenvalue weighted by Gasteiger charge is 2.37. The fourth-order valence-electron chi connectivity index (χ4n) is 4.42. The highest BCUT2D eigenvalue weighted by atomic mass is 32.2. The molecule has 0 unspecified atom stereocenters. The van der Waals surface area contributed by atoms with Gasteiger partial charge in [0.15, 0.2) is 6.61 Å². The van der Waals surface area contributed by atoms with Crippen LogP contribution in [0.5, 0.6) is 5.75 Å². The summed E-state index contributed by atoms with van der Waals surface area (Å²) in [5.74, 6) is -1.17. The van der Waals surface area contributed by atoms with Crippen LogP contribution >= 0.6 is 11.8 Å². The van der Waals surface area contributed by atoms with Crippen LogP contribution in [0.1, 0.15) is 19.4 Å². The maximum Gasteiger partial charge on any atom is 0.294 e. The Morgan fingerprint density at radius 1 is 1.14 bits per heavy atom. The van der Waals surface area contributed by atoms with Crippen molar-refractivity contribution in [1.82, 2.24) is 9.80 Å². The van der Waals surface area contributed by atoms with Gasteiger partial charge < -0.3 is 24.6 Å². The summed E-state index contributed by atoms with van der Waals surface area (Å²) in [6, 6.07) is 10.9. The van der Waals surface area contributed by atoms with Crippen molar-refractivity contribution in [3.63, 3.8) is 0 Å². The minimum atomic E-state index is -0.589. The Balaban J connectivity index is 1.52. The fraction of sp³-hybridized carbons (Fsp3) is 0.357. The lowest BCUT2D eigenvalue weighted by Gasteiger charge is -2.28. The SMILES string of the molecule is CCN(CC)c1ccc(/C=C2/SC(=O)N(CC(=O)N3CCOCC3)C2=O)c(OCC(=O)Nc2cccc([N+](=O)[O-])c2)c1. The summed E-state index contributed by atoms with van der Waals surface area (Å²) in [4.78, 5) is 66.2. The molecule has 2 aromatic carbocycles. The molecule has 1 N–H and O–H groups in total. The first kappa shape index (κ1) is 30.5. The first-order valence-electron chi connectivity index (χ1n) is 13.4. The second-order valence-electron chi connectivity index (χ2n) is 9.30. The van der Waals surface area contributed by atoms with Crippen molar-refractivity contribution in [2.45, 2.75) is 13.8 Å². The molecule has 0 aliphatic carbocycles. The fourth-order valence-corrected chi connectivity index (χ4v) is 5.25. The lowest BCUT2D eigenvalue weighted by molar-refractivity contribution is -0.384. The van der Waals surface area contributed by atoms with Gasteiger partial charge in [-0.25, -0.2) is 0 Å². The highest BCUT2D eigenvalue weighted by Crippen LogP contribution is 2.35. The zero-order valence-electron chi connectivity index (χ0n) is 23.2. The van der Waals surface area contributed by atoms with Gasteiger partial charge in [0.2, 0.25) is 5.91 Å². The Morgan fingerprint density at radius 3 is 2.57 bits per heavy atom. The molecule has 0 bridgehead atoms. The molecule has 2 aromatic rings. The van der Waals surface area contributed by atoms with E-state index < -0.39 is 28.6 Å². The molecule has 2 aliphatic rings. The van der Waals surface area contributed by atoms with E-state index in [1.165, 1.54) is 30.3 Å². The molecule has 0 spiro atoms. The number of nitro benzene ring substituents is 1. The summed E-state index contributed by atoms with van der Waals surface area (Å²) in [6.07, 6.45) is 1.50. The molecular formula is C28H31N5O8S. The zero-order chi connectivity index (χ0) is 30.2. The summed E-state index contributed by atoms with van der Waals surface area (Å²) in [6.45, 7) is 6.28. The van der Waals surface area contributed by atoms with E-state index in [0.29, 0.717) is 37.6 Å². The van der Waals surface area contributed by atoms with Crippen LogP contribution in [-0.4, -0.2) is 90.2 Å². The van der Waals surface area contributed by atoms with Crippen molar-refractivity contribution >= 4 is 57.9 Å². The number of imide groups is 1. The summed E-state index contributed by atoms with van der Waals surface area (Å²) >= 11 is 0.726. The van der Waals surface area contributed by atoms with E-state index in [1.807, 2.05) is 19.9 Å². The van der Waals surface area contributed by atoms with Crippen LogP contribution in [0.15, 0.2) is 47.4 Å². The van der Waals surface area contributed by atoms with Gasteiger partial charge in [0, 0.05) is 61.3 Å². The van der Waals surface area contributed by atoms with E-state index >= 15 is 0 Å². The molecule has 42 heavy (non-hydrogen) atoms. The average Bonchev–Trinajstić information content (AvgIpc) is 3.25. The Bertz CT molecular complexity index is 1400. The van der Waals surface area contributed by atoms with Crippen molar-refractivity contribution in [3.8, 4) is 5.75 Å². The molecule has 4 amide bonds. The van der Waals surface area contributed by atoms with Gasteiger partial charge in [0.25, 0.3) is 22.7 Å².